The SMILES string of the molecule is CC(Cn1cncn1)NS(=O)(=O)c1cc(F)ccc1Cl. The van der Waals surface area contributed by atoms with E-state index in [4.69, 9.17) is 11.6 Å². The molecule has 0 amide bonds. The van der Waals surface area contributed by atoms with Gasteiger partial charge in [-0.15, -0.1) is 0 Å². The Morgan fingerprint density at radius 1 is 1.50 bits per heavy atom. The van der Waals surface area contributed by atoms with E-state index in [0.717, 1.165) is 12.1 Å². The molecule has 1 heterocycles. The number of sulfonamides is 1. The molecule has 1 atom stereocenters. The molecule has 108 valence electrons. The van der Waals surface area contributed by atoms with E-state index in [9.17, 15) is 12.8 Å². The van der Waals surface area contributed by atoms with Crippen molar-refractivity contribution in [3.63, 3.8) is 0 Å². The zero-order chi connectivity index (χ0) is 14.8. The molecule has 0 saturated carbocycles. The third-order valence-corrected chi connectivity index (χ3v) is 4.54. The Kier molecular flexibility index (Phi) is 4.36. The van der Waals surface area contributed by atoms with Crippen LogP contribution >= 0.6 is 11.6 Å². The van der Waals surface area contributed by atoms with E-state index in [1.54, 1.807) is 6.92 Å². The predicted octanol–water partition coefficient (Wildman–Crippen LogP) is 1.44. The molecule has 1 N–H and O–H groups in total. The average Bonchev–Trinajstić information content (AvgIpc) is 2.84. The first-order valence-electron chi connectivity index (χ1n) is 5.68. The zero-order valence-corrected chi connectivity index (χ0v) is 12.1. The maximum absolute atomic E-state index is 13.1. The van der Waals surface area contributed by atoms with Gasteiger partial charge in [-0.2, -0.15) is 5.10 Å². The molecule has 0 spiro atoms. The first-order chi connectivity index (χ1) is 9.38. The normalized spacial score (nSPS) is 13.3. The number of halogens is 2. The van der Waals surface area contributed by atoms with E-state index in [-0.39, 0.29) is 9.92 Å². The van der Waals surface area contributed by atoms with Crippen LogP contribution in [-0.2, 0) is 16.6 Å². The Bertz CT molecular complexity index is 690. The van der Waals surface area contributed by atoms with Crippen LogP contribution in [0.1, 0.15) is 6.92 Å². The van der Waals surface area contributed by atoms with Crippen LogP contribution in [0.4, 0.5) is 4.39 Å². The minimum absolute atomic E-state index is 0.0353. The summed E-state index contributed by atoms with van der Waals surface area (Å²) in [7, 11) is -3.90. The van der Waals surface area contributed by atoms with Crippen molar-refractivity contribution < 1.29 is 12.8 Å². The van der Waals surface area contributed by atoms with Crippen LogP contribution in [0.25, 0.3) is 0 Å². The van der Waals surface area contributed by atoms with E-state index in [2.05, 4.69) is 14.8 Å². The number of nitrogens with one attached hydrogen (secondary N) is 1. The summed E-state index contributed by atoms with van der Waals surface area (Å²) >= 11 is 5.79. The highest BCUT2D eigenvalue weighted by molar-refractivity contribution is 7.89. The van der Waals surface area contributed by atoms with E-state index >= 15 is 0 Å². The summed E-state index contributed by atoms with van der Waals surface area (Å²) in [5.74, 6) is -0.668. The Labute approximate surface area is 120 Å². The van der Waals surface area contributed by atoms with Crippen molar-refractivity contribution >= 4 is 21.6 Å². The average molecular weight is 319 g/mol. The first kappa shape index (κ1) is 14.9. The van der Waals surface area contributed by atoms with Crippen molar-refractivity contribution in [2.45, 2.75) is 24.4 Å². The highest BCUT2D eigenvalue weighted by atomic mass is 35.5. The highest BCUT2D eigenvalue weighted by Gasteiger charge is 2.21. The lowest BCUT2D eigenvalue weighted by Gasteiger charge is -2.14. The fraction of sp³-hybridized carbons (Fsp3) is 0.273. The van der Waals surface area contributed by atoms with Gasteiger partial charge in [0.15, 0.2) is 0 Å². The van der Waals surface area contributed by atoms with Crippen LogP contribution in [0.2, 0.25) is 5.02 Å². The number of hydrogen-bond acceptors (Lipinski definition) is 4. The summed E-state index contributed by atoms with van der Waals surface area (Å²) in [4.78, 5) is 3.47. The minimum Gasteiger partial charge on any atom is -0.251 e. The van der Waals surface area contributed by atoms with Gasteiger partial charge >= 0.3 is 0 Å². The van der Waals surface area contributed by atoms with Gasteiger partial charge in [-0.25, -0.2) is 22.5 Å². The molecule has 0 fully saturated rings. The Morgan fingerprint density at radius 3 is 2.90 bits per heavy atom. The molecule has 0 aliphatic heterocycles. The number of aromatic nitrogens is 3. The van der Waals surface area contributed by atoms with Crippen LogP contribution in [0, 0.1) is 5.82 Å². The van der Waals surface area contributed by atoms with Gasteiger partial charge in [-0.1, -0.05) is 11.6 Å². The molecular weight excluding hydrogens is 307 g/mol. The Balaban J connectivity index is 2.16. The molecule has 1 aromatic heterocycles. The molecule has 1 aromatic carbocycles. The smallest absolute Gasteiger partial charge is 0.242 e. The number of benzene rings is 1. The predicted molar refractivity (Wildman–Crippen MR) is 71.2 cm³/mol. The number of nitrogens with zero attached hydrogens (tertiary/aromatic N) is 3. The largest absolute Gasteiger partial charge is 0.251 e. The molecule has 0 bridgehead atoms. The van der Waals surface area contributed by atoms with E-state index in [1.165, 1.54) is 23.4 Å². The van der Waals surface area contributed by atoms with Crippen molar-refractivity contribution in [3.05, 3.63) is 41.7 Å². The highest BCUT2D eigenvalue weighted by Crippen LogP contribution is 2.22. The molecule has 0 radical (unpaired) electrons. The maximum atomic E-state index is 13.1. The molecule has 0 aliphatic rings. The van der Waals surface area contributed by atoms with Crippen molar-refractivity contribution in [2.75, 3.05) is 0 Å². The van der Waals surface area contributed by atoms with Gasteiger partial charge in [0.05, 0.1) is 11.6 Å². The number of hydrogen-bond donors (Lipinski definition) is 1. The summed E-state index contributed by atoms with van der Waals surface area (Å²) in [6.07, 6.45) is 2.82. The van der Waals surface area contributed by atoms with Crippen LogP contribution < -0.4 is 4.72 Å². The third kappa shape index (κ3) is 3.53. The lowest BCUT2D eigenvalue weighted by Crippen LogP contribution is -2.36. The van der Waals surface area contributed by atoms with Crippen molar-refractivity contribution in [1.29, 1.82) is 0 Å². The van der Waals surface area contributed by atoms with Crippen molar-refractivity contribution in [1.82, 2.24) is 19.5 Å². The molecular formula is C11H12ClFN4O2S. The molecule has 2 rings (SSSR count). The van der Waals surface area contributed by atoms with E-state index in [0.29, 0.717) is 6.54 Å². The molecule has 1 unspecified atom stereocenters. The first-order valence-corrected chi connectivity index (χ1v) is 7.54. The monoisotopic (exact) mass is 318 g/mol. The fourth-order valence-corrected chi connectivity index (χ4v) is 3.40. The summed E-state index contributed by atoms with van der Waals surface area (Å²) < 4.78 is 41.3. The lowest BCUT2D eigenvalue weighted by atomic mass is 10.3. The number of rotatable bonds is 5. The van der Waals surface area contributed by atoms with Gasteiger partial charge in [-0.05, 0) is 25.1 Å². The molecule has 20 heavy (non-hydrogen) atoms. The summed E-state index contributed by atoms with van der Waals surface area (Å²) in [5.41, 5.74) is 0. The zero-order valence-electron chi connectivity index (χ0n) is 10.5. The van der Waals surface area contributed by atoms with Gasteiger partial charge in [-0.3, -0.25) is 4.68 Å². The van der Waals surface area contributed by atoms with Crippen LogP contribution in [-0.4, -0.2) is 29.2 Å². The Hall–Kier alpha value is -1.51. The quantitative estimate of drug-likeness (QED) is 0.905. The van der Waals surface area contributed by atoms with Crippen molar-refractivity contribution in [3.8, 4) is 0 Å². The van der Waals surface area contributed by atoms with Gasteiger partial charge in [0.25, 0.3) is 0 Å². The van der Waals surface area contributed by atoms with Crippen LogP contribution in [0.5, 0.6) is 0 Å². The van der Waals surface area contributed by atoms with E-state index in [1.807, 2.05) is 0 Å². The summed E-state index contributed by atoms with van der Waals surface area (Å²) in [6, 6.07) is 2.72. The second-order valence-electron chi connectivity index (χ2n) is 4.21. The van der Waals surface area contributed by atoms with Gasteiger partial charge in [0.1, 0.15) is 23.4 Å². The van der Waals surface area contributed by atoms with Gasteiger partial charge < -0.3 is 0 Å². The van der Waals surface area contributed by atoms with Crippen molar-refractivity contribution in [2.24, 2.45) is 0 Å². The Morgan fingerprint density at radius 2 is 2.25 bits per heavy atom. The third-order valence-electron chi connectivity index (χ3n) is 2.47. The topological polar surface area (TPSA) is 76.9 Å². The minimum atomic E-state index is -3.90. The van der Waals surface area contributed by atoms with Crippen LogP contribution in [0.15, 0.2) is 35.7 Å². The van der Waals surface area contributed by atoms with Gasteiger partial charge in [0.2, 0.25) is 10.0 Å². The lowest BCUT2D eigenvalue weighted by molar-refractivity contribution is 0.492. The molecule has 2 aromatic rings. The second-order valence-corrected chi connectivity index (χ2v) is 6.30. The molecule has 9 heteroatoms. The standard InChI is InChI=1S/C11H12ClFN4O2S/c1-8(5-17-7-14-6-15-17)16-20(18,19)11-4-9(13)2-3-10(11)12/h2-4,6-8,16H,5H2,1H3. The maximum Gasteiger partial charge on any atom is 0.242 e. The second kappa shape index (κ2) is 5.86. The summed E-state index contributed by atoms with van der Waals surface area (Å²) in [6.45, 7) is 1.96. The fourth-order valence-electron chi connectivity index (χ4n) is 1.66. The molecule has 6 nitrogen and oxygen atoms in total. The molecule has 0 aliphatic carbocycles. The summed E-state index contributed by atoms with van der Waals surface area (Å²) in [5, 5.41) is 3.84. The van der Waals surface area contributed by atoms with Gasteiger partial charge in [0, 0.05) is 6.04 Å². The van der Waals surface area contributed by atoms with Crippen LogP contribution in [0.3, 0.4) is 0 Å². The molecule has 0 saturated heterocycles. The van der Waals surface area contributed by atoms with E-state index < -0.39 is 21.9 Å².